The number of hydrogen-bond donors (Lipinski definition) is 2. The van der Waals surface area contributed by atoms with E-state index in [1.165, 1.54) is 4.31 Å². The topological polar surface area (TPSA) is 114 Å². The van der Waals surface area contributed by atoms with Gasteiger partial charge in [-0.25, -0.2) is 4.98 Å². The van der Waals surface area contributed by atoms with Crippen molar-refractivity contribution in [2.75, 3.05) is 31.6 Å². The number of ether oxygens (including phenoxy) is 1. The van der Waals surface area contributed by atoms with Crippen LogP contribution in [0.1, 0.15) is 19.8 Å². The minimum absolute atomic E-state index is 0.0812. The smallest absolute Gasteiger partial charge is 0.279 e. The van der Waals surface area contributed by atoms with Crippen LogP contribution in [0, 0.1) is 0 Å². The van der Waals surface area contributed by atoms with Gasteiger partial charge in [-0.05, 0) is 31.4 Å². The number of nitrogens with zero attached hydrogens (tertiary/aromatic N) is 5. The van der Waals surface area contributed by atoms with Crippen molar-refractivity contribution in [3.05, 3.63) is 11.6 Å². The Morgan fingerprint density at radius 3 is 2.93 bits per heavy atom. The summed E-state index contributed by atoms with van der Waals surface area (Å²) >= 11 is 6.06. The standard InChI is InChI=1S/C15H22ClN7O3S/c1-2-22-9-17-12-13(19-15(16)20-14(12)22)18-10-3-5-23(7-10)27(24,25)21-11-4-6-26-8-11/h9-11,21H,2-8H2,1H3,(H,18,19,20)/t10-,11+/m0/s1. The van der Waals surface area contributed by atoms with Crippen LogP contribution in [-0.2, 0) is 21.5 Å². The van der Waals surface area contributed by atoms with Gasteiger partial charge < -0.3 is 14.6 Å². The van der Waals surface area contributed by atoms with Crippen LogP contribution in [0.15, 0.2) is 6.33 Å². The Balaban J connectivity index is 1.47. The maximum atomic E-state index is 12.6. The quantitative estimate of drug-likeness (QED) is 0.664. The van der Waals surface area contributed by atoms with Gasteiger partial charge in [-0.1, -0.05) is 0 Å². The predicted octanol–water partition coefficient (Wildman–Crippen LogP) is 0.609. The number of hydrogen-bond acceptors (Lipinski definition) is 7. The van der Waals surface area contributed by atoms with Crippen LogP contribution >= 0.6 is 11.6 Å². The molecule has 0 amide bonds. The fraction of sp³-hybridized carbons (Fsp3) is 0.667. The number of nitrogens with one attached hydrogen (secondary N) is 2. The van der Waals surface area contributed by atoms with Crippen molar-refractivity contribution in [3.63, 3.8) is 0 Å². The fourth-order valence-corrected chi connectivity index (χ4v) is 5.06. The fourth-order valence-electron chi connectivity index (χ4n) is 3.42. The van der Waals surface area contributed by atoms with Crippen molar-refractivity contribution >= 4 is 38.8 Å². The Morgan fingerprint density at radius 2 is 2.19 bits per heavy atom. The number of rotatable bonds is 6. The molecular formula is C15H22ClN7O3S. The summed E-state index contributed by atoms with van der Waals surface area (Å²) in [5.41, 5.74) is 1.29. The molecule has 148 valence electrons. The van der Waals surface area contributed by atoms with Gasteiger partial charge in [0.1, 0.15) is 0 Å². The highest BCUT2D eigenvalue weighted by Gasteiger charge is 2.34. The van der Waals surface area contributed by atoms with E-state index in [2.05, 4.69) is 25.0 Å². The zero-order chi connectivity index (χ0) is 19.0. The third-order valence-electron chi connectivity index (χ3n) is 4.85. The second kappa shape index (κ2) is 7.47. The highest BCUT2D eigenvalue weighted by atomic mass is 35.5. The molecule has 0 aliphatic carbocycles. The van der Waals surface area contributed by atoms with Gasteiger partial charge in [0.15, 0.2) is 17.0 Å². The molecular weight excluding hydrogens is 394 g/mol. The molecule has 4 heterocycles. The summed E-state index contributed by atoms with van der Waals surface area (Å²) in [6.45, 7) is 4.51. The number of halogens is 1. The molecule has 0 radical (unpaired) electrons. The van der Waals surface area contributed by atoms with Crippen molar-refractivity contribution in [1.29, 1.82) is 0 Å². The van der Waals surface area contributed by atoms with Crippen LogP contribution in [0.3, 0.4) is 0 Å². The first-order chi connectivity index (χ1) is 13.0. The van der Waals surface area contributed by atoms with Crippen molar-refractivity contribution in [1.82, 2.24) is 28.5 Å². The van der Waals surface area contributed by atoms with E-state index in [1.54, 1.807) is 6.33 Å². The normalized spacial score (nSPS) is 24.1. The van der Waals surface area contributed by atoms with E-state index in [1.807, 2.05) is 11.5 Å². The lowest BCUT2D eigenvalue weighted by molar-refractivity contribution is 0.192. The summed E-state index contributed by atoms with van der Waals surface area (Å²) in [5.74, 6) is 0.526. The van der Waals surface area contributed by atoms with Gasteiger partial charge in [-0.15, -0.1) is 0 Å². The molecule has 2 aliphatic rings. The van der Waals surface area contributed by atoms with Crippen LogP contribution in [0.2, 0.25) is 5.28 Å². The van der Waals surface area contributed by atoms with Gasteiger partial charge in [0.2, 0.25) is 5.28 Å². The molecule has 2 aromatic rings. The number of anilines is 1. The largest absolute Gasteiger partial charge is 0.380 e. The molecule has 2 atom stereocenters. The lowest BCUT2D eigenvalue weighted by Gasteiger charge is -2.20. The van der Waals surface area contributed by atoms with E-state index in [-0.39, 0.29) is 17.4 Å². The van der Waals surface area contributed by atoms with Gasteiger partial charge in [0, 0.05) is 38.3 Å². The average molecular weight is 416 g/mol. The molecule has 2 aliphatic heterocycles. The summed E-state index contributed by atoms with van der Waals surface area (Å²) in [6, 6.07) is -0.234. The highest BCUT2D eigenvalue weighted by Crippen LogP contribution is 2.24. The van der Waals surface area contributed by atoms with Crippen molar-refractivity contribution < 1.29 is 13.2 Å². The lowest BCUT2D eigenvalue weighted by Crippen LogP contribution is -2.45. The summed E-state index contributed by atoms with van der Waals surface area (Å²) in [4.78, 5) is 12.9. The Hall–Kier alpha value is -1.53. The van der Waals surface area contributed by atoms with E-state index in [4.69, 9.17) is 16.3 Å². The summed E-state index contributed by atoms with van der Waals surface area (Å²) < 4.78 is 36.4. The van der Waals surface area contributed by atoms with Crippen molar-refractivity contribution in [2.24, 2.45) is 0 Å². The third kappa shape index (κ3) is 3.87. The van der Waals surface area contributed by atoms with E-state index < -0.39 is 10.2 Å². The zero-order valence-corrected chi connectivity index (χ0v) is 16.5. The number of imidazole rings is 1. The Kier molecular flexibility index (Phi) is 5.21. The maximum Gasteiger partial charge on any atom is 0.279 e. The Bertz CT molecular complexity index is 929. The summed E-state index contributed by atoms with van der Waals surface area (Å²) in [6.07, 6.45) is 3.06. The third-order valence-corrected chi connectivity index (χ3v) is 6.67. The van der Waals surface area contributed by atoms with E-state index >= 15 is 0 Å². The number of aryl methyl sites for hydroxylation is 1. The first-order valence-electron chi connectivity index (χ1n) is 8.96. The first kappa shape index (κ1) is 18.8. The molecule has 0 bridgehead atoms. The molecule has 10 nitrogen and oxygen atoms in total. The number of fused-ring (bicyclic) bond motifs is 1. The maximum absolute atomic E-state index is 12.6. The lowest BCUT2D eigenvalue weighted by atomic mass is 10.2. The molecule has 4 rings (SSSR count). The molecule has 2 aromatic heterocycles. The van der Waals surface area contributed by atoms with Crippen molar-refractivity contribution in [3.8, 4) is 0 Å². The van der Waals surface area contributed by atoms with Gasteiger partial charge in [-0.3, -0.25) is 0 Å². The summed E-state index contributed by atoms with van der Waals surface area (Å²) in [5, 5.41) is 3.42. The molecule has 2 N–H and O–H groups in total. The second-order valence-electron chi connectivity index (χ2n) is 6.72. The minimum Gasteiger partial charge on any atom is -0.380 e. The molecule has 27 heavy (non-hydrogen) atoms. The Labute approximate surface area is 162 Å². The molecule has 2 saturated heterocycles. The Morgan fingerprint density at radius 1 is 1.33 bits per heavy atom. The van der Waals surface area contributed by atoms with Crippen LogP contribution in [0.4, 0.5) is 5.82 Å². The van der Waals surface area contributed by atoms with Crippen molar-refractivity contribution in [2.45, 2.75) is 38.4 Å². The van der Waals surface area contributed by atoms with Crippen LogP contribution in [0.5, 0.6) is 0 Å². The minimum atomic E-state index is -3.53. The average Bonchev–Trinajstić information content (AvgIpc) is 3.34. The molecule has 0 saturated carbocycles. The van der Waals surface area contributed by atoms with Gasteiger partial charge in [0.05, 0.1) is 12.9 Å². The van der Waals surface area contributed by atoms with E-state index in [0.717, 1.165) is 6.54 Å². The zero-order valence-electron chi connectivity index (χ0n) is 14.9. The molecule has 0 unspecified atom stereocenters. The molecule has 12 heteroatoms. The van der Waals surface area contributed by atoms with E-state index in [0.29, 0.717) is 56.1 Å². The number of aromatic nitrogens is 4. The second-order valence-corrected chi connectivity index (χ2v) is 8.76. The van der Waals surface area contributed by atoms with Gasteiger partial charge in [0.25, 0.3) is 10.2 Å². The molecule has 0 spiro atoms. The monoisotopic (exact) mass is 415 g/mol. The molecule has 0 aromatic carbocycles. The predicted molar refractivity (Wildman–Crippen MR) is 101 cm³/mol. The van der Waals surface area contributed by atoms with Gasteiger partial charge >= 0.3 is 0 Å². The van der Waals surface area contributed by atoms with Gasteiger partial charge in [-0.2, -0.15) is 27.4 Å². The van der Waals surface area contributed by atoms with Crippen LogP contribution in [-0.4, -0.2) is 70.6 Å². The van der Waals surface area contributed by atoms with E-state index in [9.17, 15) is 8.42 Å². The molecule has 2 fully saturated rings. The highest BCUT2D eigenvalue weighted by molar-refractivity contribution is 7.87. The van der Waals surface area contributed by atoms with Crippen LogP contribution in [0.25, 0.3) is 11.2 Å². The SMILES string of the molecule is CCn1cnc2c(N[C@H]3CCN(S(=O)(=O)N[C@@H]4CCOC4)C3)nc(Cl)nc21. The summed E-state index contributed by atoms with van der Waals surface area (Å²) in [7, 11) is -3.53. The first-order valence-corrected chi connectivity index (χ1v) is 10.8. The van der Waals surface area contributed by atoms with Crippen LogP contribution < -0.4 is 10.0 Å².